The Bertz CT molecular complexity index is 658. The molecule has 0 spiro atoms. The Morgan fingerprint density at radius 1 is 1.38 bits per heavy atom. The van der Waals surface area contributed by atoms with E-state index < -0.39 is 49.8 Å². The lowest BCUT2D eigenvalue weighted by Crippen LogP contribution is -2.61. The molecule has 0 aliphatic carbocycles. The lowest BCUT2D eigenvalue weighted by molar-refractivity contribution is -0.271. The van der Waals surface area contributed by atoms with Gasteiger partial charge in [0.2, 0.25) is 6.29 Å². The van der Waals surface area contributed by atoms with Gasteiger partial charge in [-0.05, 0) is 24.7 Å². The molecule has 1 aliphatic rings. The first-order valence-corrected chi connectivity index (χ1v) is 7.12. The summed E-state index contributed by atoms with van der Waals surface area (Å²) in [6.07, 6.45) is -9.92. The highest BCUT2D eigenvalue weighted by atomic mass is 16.7. The summed E-state index contributed by atoms with van der Waals surface area (Å²) in [5.74, 6) is -1.47. The van der Waals surface area contributed by atoms with Gasteiger partial charge in [-0.1, -0.05) is 12.1 Å². The molecule has 6 unspecified atom stereocenters. The SMILES string of the molecule is [2H]C([2H])([2H])NCC(O)c1cccc(OC2OC(C(=O)O)C(O)C(O)C2O)c1. The van der Waals surface area contributed by atoms with Gasteiger partial charge in [-0.3, -0.25) is 0 Å². The van der Waals surface area contributed by atoms with Gasteiger partial charge in [0.1, 0.15) is 24.1 Å². The number of likely N-dealkylation sites (N-methyl/N-ethyl adjacent to an activating group) is 1. The first-order valence-electron chi connectivity index (χ1n) is 8.62. The molecular formula is C15H21NO8. The summed E-state index contributed by atoms with van der Waals surface area (Å²) in [4.78, 5) is 11.1. The summed E-state index contributed by atoms with van der Waals surface area (Å²) in [5.41, 5.74) is 0.296. The molecule has 6 N–H and O–H groups in total. The fourth-order valence-corrected chi connectivity index (χ4v) is 2.29. The standard InChI is InChI=1S/C15H21NO8/c1-16-6-9(17)7-3-2-4-8(5-7)23-15-12(20)10(18)11(19)13(24-15)14(21)22/h2-5,9-13,15-20H,6H2,1H3,(H,21,22)/i1D3. The van der Waals surface area contributed by atoms with Crippen molar-refractivity contribution in [3.05, 3.63) is 29.8 Å². The van der Waals surface area contributed by atoms with Crippen LogP contribution in [-0.2, 0) is 9.53 Å². The van der Waals surface area contributed by atoms with Gasteiger partial charge < -0.3 is 40.3 Å². The molecular weight excluding hydrogens is 322 g/mol. The second-order valence-electron chi connectivity index (χ2n) is 5.32. The summed E-state index contributed by atoms with van der Waals surface area (Å²) in [7, 11) is 0. The summed E-state index contributed by atoms with van der Waals surface area (Å²) < 4.78 is 31.5. The highest BCUT2D eigenvalue weighted by Crippen LogP contribution is 2.26. The Hall–Kier alpha value is -1.75. The monoisotopic (exact) mass is 346 g/mol. The van der Waals surface area contributed by atoms with E-state index >= 15 is 0 Å². The first-order chi connectivity index (χ1) is 12.5. The molecule has 134 valence electrons. The van der Waals surface area contributed by atoms with Crippen LogP contribution in [-0.4, -0.2) is 75.7 Å². The van der Waals surface area contributed by atoms with Gasteiger partial charge in [-0.2, -0.15) is 0 Å². The number of rotatable bonds is 6. The van der Waals surface area contributed by atoms with E-state index in [4.69, 9.17) is 18.7 Å². The molecule has 9 heteroatoms. The maximum absolute atomic E-state index is 11.1. The van der Waals surface area contributed by atoms with Crippen molar-refractivity contribution in [2.75, 3.05) is 13.5 Å². The fourth-order valence-electron chi connectivity index (χ4n) is 2.29. The summed E-state index contributed by atoms with van der Waals surface area (Å²) in [6.45, 7) is -2.67. The zero-order valence-electron chi connectivity index (χ0n) is 15.4. The van der Waals surface area contributed by atoms with Crippen LogP contribution < -0.4 is 10.1 Å². The largest absolute Gasteiger partial charge is 0.479 e. The minimum absolute atomic E-state index is 0.0669. The number of aliphatic hydroxyl groups excluding tert-OH is 4. The first kappa shape index (κ1) is 14.6. The van der Waals surface area contributed by atoms with Crippen LogP contribution in [0.15, 0.2) is 24.3 Å². The average molecular weight is 346 g/mol. The van der Waals surface area contributed by atoms with Crippen LogP contribution in [0.5, 0.6) is 5.75 Å². The molecule has 9 nitrogen and oxygen atoms in total. The van der Waals surface area contributed by atoms with E-state index in [1.54, 1.807) is 0 Å². The number of nitrogens with one attached hydrogen (secondary N) is 1. The Morgan fingerprint density at radius 2 is 2.12 bits per heavy atom. The van der Waals surface area contributed by atoms with Crippen LogP contribution in [0.4, 0.5) is 0 Å². The van der Waals surface area contributed by atoms with E-state index in [0.29, 0.717) is 5.56 Å². The van der Waals surface area contributed by atoms with Gasteiger partial charge in [0.25, 0.3) is 0 Å². The fraction of sp³-hybridized carbons (Fsp3) is 0.533. The quantitative estimate of drug-likeness (QED) is 0.351. The number of hydrogen-bond donors (Lipinski definition) is 6. The van der Waals surface area contributed by atoms with Crippen LogP contribution in [0.3, 0.4) is 0 Å². The van der Waals surface area contributed by atoms with E-state index in [9.17, 15) is 25.2 Å². The molecule has 0 saturated carbocycles. The van der Waals surface area contributed by atoms with Crippen LogP contribution in [0.1, 0.15) is 15.8 Å². The molecule has 0 aromatic heterocycles. The second kappa shape index (κ2) is 7.88. The third-order valence-corrected chi connectivity index (χ3v) is 3.60. The number of carboxylic acid groups (broad SMARTS) is 1. The number of carboxylic acids is 1. The number of aliphatic hydroxyl groups is 4. The Labute approximate surface area is 142 Å². The van der Waals surface area contributed by atoms with Crippen molar-refractivity contribution in [3.8, 4) is 5.75 Å². The maximum atomic E-state index is 11.1. The van der Waals surface area contributed by atoms with Crippen LogP contribution in [0, 0.1) is 0 Å². The highest BCUT2D eigenvalue weighted by Gasteiger charge is 2.48. The number of ether oxygens (including phenoxy) is 2. The smallest absolute Gasteiger partial charge is 0.335 e. The van der Waals surface area contributed by atoms with Crippen molar-refractivity contribution in [1.82, 2.24) is 5.32 Å². The summed E-state index contributed by atoms with van der Waals surface area (Å²) in [6, 6.07) is 5.76. The van der Waals surface area contributed by atoms with Crippen molar-refractivity contribution in [3.63, 3.8) is 0 Å². The Kier molecular flexibility index (Phi) is 4.79. The maximum Gasteiger partial charge on any atom is 0.335 e. The molecule has 2 rings (SSSR count). The van der Waals surface area contributed by atoms with Crippen LogP contribution in [0.25, 0.3) is 0 Å². The second-order valence-corrected chi connectivity index (χ2v) is 5.32. The predicted octanol–water partition coefficient (Wildman–Crippen LogP) is -1.79. The zero-order chi connectivity index (χ0) is 20.4. The molecule has 1 aromatic carbocycles. The summed E-state index contributed by atoms with van der Waals surface area (Å²) in [5, 5.41) is 50.6. The van der Waals surface area contributed by atoms with Gasteiger partial charge in [-0.15, -0.1) is 0 Å². The third kappa shape index (κ3) is 4.01. The molecule has 1 aliphatic heterocycles. The van der Waals surface area contributed by atoms with Gasteiger partial charge >= 0.3 is 5.97 Å². The van der Waals surface area contributed by atoms with Crippen molar-refractivity contribution in [1.29, 1.82) is 0 Å². The number of carbonyl (C=O) groups is 1. The molecule has 6 atom stereocenters. The summed E-state index contributed by atoms with van der Waals surface area (Å²) >= 11 is 0. The van der Waals surface area contributed by atoms with Crippen molar-refractivity contribution in [2.45, 2.75) is 36.8 Å². The Morgan fingerprint density at radius 3 is 2.79 bits per heavy atom. The van der Waals surface area contributed by atoms with Crippen molar-refractivity contribution in [2.24, 2.45) is 0 Å². The Balaban J connectivity index is 2.09. The van der Waals surface area contributed by atoms with E-state index in [1.165, 1.54) is 24.3 Å². The lowest BCUT2D eigenvalue weighted by atomic mass is 9.99. The number of hydrogen-bond acceptors (Lipinski definition) is 8. The highest BCUT2D eigenvalue weighted by molar-refractivity contribution is 5.73. The number of benzene rings is 1. The van der Waals surface area contributed by atoms with Crippen molar-refractivity contribution >= 4 is 5.97 Å². The lowest BCUT2D eigenvalue weighted by Gasteiger charge is -2.38. The van der Waals surface area contributed by atoms with Crippen LogP contribution in [0.2, 0.25) is 0 Å². The van der Waals surface area contributed by atoms with Gasteiger partial charge in [-0.25, -0.2) is 4.79 Å². The van der Waals surface area contributed by atoms with Gasteiger partial charge in [0.15, 0.2) is 6.10 Å². The average Bonchev–Trinajstić information content (AvgIpc) is 2.59. The van der Waals surface area contributed by atoms with Crippen LogP contribution >= 0.6 is 0 Å². The molecule has 0 radical (unpaired) electrons. The van der Waals surface area contributed by atoms with Gasteiger partial charge in [0.05, 0.1) is 6.10 Å². The third-order valence-electron chi connectivity index (χ3n) is 3.60. The zero-order valence-corrected chi connectivity index (χ0v) is 12.4. The van der Waals surface area contributed by atoms with Crippen molar-refractivity contribution < 1.29 is 43.9 Å². The molecule has 0 amide bonds. The topological polar surface area (TPSA) is 149 Å². The molecule has 1 fully saturated rings. The predicted molar refractivity (Wildman–Crippen MR) is 80.3 cm³/mol. The van der Waals surface area contributed by atoms with E-state index in [0.717, 1.165) is 0 Å². The molecule has 24 heavy (non-hydrogen) atoms. The molecule has 1 heterocycles. The molecule has 0 bridgehead atoms. The minimum Gasteiger partial charge on any atom is -0.479 e. The van der Waals surface area contributed by atoms with E-state index in [1.807, 2.05) is 0 Å². The van der Waals surface area contributed by atoms with E-state index in [-0.39, 0.29) is 12.3 Å². The minimum atomic E-state index is -2.42. The molecule has 1 aromatic rings. The normalized spacial score (nSPS) is 33.8. The van der Waals surface area contributed by atoms with E-state index in [2.05, 4.69) is 5.32 Å². The molecule has 1 saturated heterocycles. The number of aliphatic carboxylic acids is 1. The van der Waals surface area contributed by atoms with Gasteiger partial charge in [0, 0.05) is 10.7 Å².